The highest BCUT2D eigenvalue weighted by Crippen LogP contribution is 2.14. The molecule has 0 spiro atoms. The zero-order valence-corrected chi connectivity index (χ0v) is 13.8. The van der Waals surface area contributed by atoms with E-state index in [0.717, 1.165) is 38.2 Å². The van der Waals surface area contributed by atoms with Gasteiger partial charge < -0.3 is 15.5 Å². The largest absolute Gasteiger partial charge is 0.374 e. The van der Waals surface area contributed by atoms with E-state index in [1.165, 1.54) is 5.56 Å². The van der Waals surface area contributed by atoms with Crippen LogP contribution in [0.15, 0.2) is 36.0 Å². The van der Waals surface area contributed by atoms with Crippen LogP contribution in [-0.4, -0.2) is 37.0 Å². The maximum atomic E-state index is 12.3. The van der Waals surface area contributed by atoms with E-state index in [1.807, 2.05) is 30.0 Å². The summed E-state index contributed by atoms with van der Waals surface area (Å²) in [4.78, 5) is 14.3. The lowest BCUT2D eigenvalue weighted by Crippen LogP contribution is -2.41. The molecular weight excluding hydrogens is 288 g/mol. The molecule has 1 fully saturated rings. The van der Waals surface area contributed by atoms with Crippen LogP contribution in [0.3, 0.4) is 0 Å². The first kappa shape index (κ1) is 17.0. The molecule has 2 N–H and O–H groups in total. The standard InChI is InChI=1S/C18H24N4O/c1-3-15-4-6-16(7-5-15)14(2)21-18(23)17(12-19)13-22-10-8-20-9-11-22/h4-7,13-14,20H,3,8-11H2,1-2H3,(H,21,23)/b17-13-. The molecule has 1 aromatic rings. The second-order valence-corrected chi connectivity index (χ2v) is 5.73. The first-order valence-corrected chi connectivity index (χ1v) is 8.10. The molecule has 1 aliphatic heterocycles. The number of amides is 1. The predicted octanol–water partition coefficient (Wildman–Crippen LogP) is 1.74. The SMILES string of the molecule is CCc1ccc(C(C)NC(=O)/C(C#N)=C\N2CCNCC2)cc1. The Morgan fingerprint density at radius 2 is 2.04 bits per heavy atom. The molecule has 1 unspecified atom stereocenters. The number of hydrogen-bond donors (Lipinski definition) is 2. The van der Waals surface area contributed by atoms with Gasteiger partial charge in [0, 0.05) is 32.4 Å². The summed E-state index contributed by atoms with van der Waals surface area (Å²) in [6.07, 6.45) is 2.66. The minimum atomic E-state index is -0.321. The fourth-order valence-corrected chi connectivity index (χ4v) is 2.53. The Balaban J connectivity index is 2.00. The highest BCUT2D eigenvalue weighted by Gasteiger charge is 2.16. The minimum Gasteiger partial charge on any atom is -0.374 e. The summed E-state index contributed by atoms with van der Waals surface area (Å²) in [6, 6.07) is 10.1. The fraction of sp³-hybridized carbons (Fsp3) is 0.444. The van der Waals surface area contributed by atoms with Crippen molar-refractivity contribution in [2.24, 2.45) is 0 Å². The summed E-state index contributed by atoms with van der Waals surface area (Å²) in [6.45, 7) is 7.41. The Hall–Kier alpha value is -2.32. The molecule has 1 amide bonds. The van der Waals surface area contributed by atoms with Gasteiger partial charge in [0.1, 0.15) is 11.6 Å². The lowest BCUT2D eigenvalue weighted by Gasteiger charge is -2.26. The zero-order valence-electron chi connectivity index (χ0n) is 13.8. The van der Waals surface area contributed by atoms with Gasteiger partial charge in [-0.2, -0.15) is 5.26 Å². The first-order chi connectivity index (χ1) is 11.1. The van der Waals surface area contributed by atoms with Crippen molar-refractivity contribution in [2.75, 3.05) is 26.2 Å². The van der Waals surface area contributed by atoms with Crippen molar-refractivity contribution < 1.29 is 4.79 Å². The molecule has 0 saturated carbocycles. The fourth-order valence-electron chi connectivity index (χ4n) is 2.53. The first-order valence-electron chi connectivity index (χ1n) is 8.10. The van der Waals surface area contributed by atoms with Crippen molar-refractivity contribution in [2.45, 2.75) is 26.3 Å². The highest BCUT2D eigenvalue weighted by molar-refractivity contribution is 5.97. The van der Waals surface area contributed by atoms with Crippen molar-refractivity contribution in [1.82, 2.24) is 15.5 Å². The minimum absolute atomic E-state index is 0.131. The van der Waals surface area contributed by atoms with Crippen molar-refractivity contribution in [1.29, 1.82) is 5.26 Å². The van der Waals surface area contributed by atoms with Crippen LogP contribution in [0, 0.1) is 11.3 Å². The molecule has 23 heavy (non-hydrogen) atoms. The third-order valence-electron chi connectivity index (χ3n) is 4.06. The summed E-state index contributed by atoms with van der Waals surface area (Å²) >= 11 is 0. The number of hydrogen-bond acceptors (Lipinski definition) is 4. The Bertz CT molecular complexity index is 594. The second kappa shape index (κ2) is 8.35. The summed E-state index contributed by atoms with van der Waals surface area (Å²) in [5.41, 5.74) is 2.46. The van der Waals surface area contributed by atoms with Crippen LogP contribution >= 0.6 is 0 Å². The number of carbonyl (C=O) groups excluding carboxylic acids is 1. The van der Waals surface area contributed by atoms with E-state index >= 15 is 0 Å². The van der Waals surface area contributed by atoms with Gasteiger partial charge in [-0.15, -0.1) is 0 Å². The topological polar surface area (TPSA) is 68.2 Å². The molecule has 5 nitrogen and oxygen atoms in total. The lowest BCUT2D eigenvalue weighted by molar-refractivity contribution is -0.117. The number of rotatable bonds is 5. The van der Waals surface area contributed by atoms with E-state index in [4.69, 9.17) is 0 Å². The van der Waals surface area contributed by atoms with E-state index in [2.05, 4.69) is 29.7 Å². The van der Waals surface area contributed by atoms with E-state index in [1.54, 1.807) is 6.20 Å². The molecule has 122 valence electrons. The zero-order chi connectivity index (χ0) is 16.7. The normalized spacial score (nSPS) is 16.6. The van der Waals surface area contributed by atoms with Gasteiger partial charge >= 0.3 is 0 Å². The summed E-state index contributed by atoms with van der Waals surface area (Å²) < 4.78 is 0. The van der Waals surface area contributed by atoms with Gasteiger partial charge in [0.25, 0.3) is 5.91 Å². The summed E-state index contributed by atoms with van der Waals surface area (Å²) in [5.74, 6) is -0.321. The Morgan fingerprint density at radius 3 is 2.61 bits per heavy atom. The Labute approximate surface area is 138 Å². The number of benzene rings is 1. The van der Waals surface area contributed by atoms with E-state index in [-0.39, 0.29) is 17.5 Å². The predicted molar refractivity (Wildman–Crippen MR) is 90.5 cm³/mol. The molecule has 0 radical (unpaired) electrons. The van der Waals surface area contributed by atoms with Gasteiger partial charge in [-0.05, 0) is 24.5 Å². The molecule has 2 rings (SSSR count). The molecular formula is C18H24N4O. The Kier molecular flexibility index (Phi) is 6.19. The number of nitriles is 1. The van der Waals surface area contributed by atoms with Crippen LogP contribution < -0.4 is 10.6 Å². The van der Waals surface area contributed by atoms with Gasteiger partial charge in [0.15, 0.2) is 0 Å². The van der Waals surface area contributed by atoms with Crippen molar-refractivity contribution >= 4 is 5.91 Å². The molecule has 1 heterocycles. The smallest absolute Gasteiger partial charge is 0.263 e. The van der Waals surface area contributed by atoms with Crippen molar-refractivity contribution in [3.63, 3.8) is 0 Å². The highest BCUT2D eigenvalue weighted by atomic mass is 16.1. The monoisotopic (exact) mass is 312 g/mol. The van der Waals surface area contributed by atoms with Crippen LogP contribution in [0.5, 0.6) is 0 Å². The number of aryl methyl sites for hydroxylation is 1. The maximum absolute atomic E-state index is 12.3. The second-order valence-electron chi connectivity index (χ2n) is 5.73. The number of nitrogens with zero attached hydrogens (tertiary/aromatic N) is 2. The average Bonchev–Trinajstić information content (AvgIpc) is 2.60. The number of nitrogens with one attached hydrogen (secondary N) is 2. The van der Waals surface area contributed by atoms with Gasteiger partial charge in [-0.1, -0.05) is 31.2 Å². The molecule has 5 heteroatoms. The maximum Gasteiger partial charge on any atom is 0.263 e. The quantitative estimate of drug-likeness (QED) is 0.642. The summed E-state index contributed by atoms with van der Waals surface area (Å²) in [7, 11) is 0. The molecule has 1 saturated heterocycles. The van der Waals surface area contributed by atoms with E-state index < -0.39 is 0 Å². The molecule has 0 aliphatic carbocycles. The summed E-state index contributed by atoms with van der Waals surface area (Å²) in [5, 5.41) is 15.4. The van der Waals surface area contributed by atoms with Crippen LogP contribution in [0.2, 0.25) is 0 Å². The average molecular weight is 312 g/mol. The van der Waals surface area contributed by atoms with Gasteiger partial charge in [0.2, 0.25) is 0 Å². The van der Waals surface area contributed by atoms with E-state index in [0.29, 0.717) is 0 Å². The van der Waals surface area contributed by atoms with Crippen LogP contribution in [0.4, 0.5) is 0 Å². The lowest BCUT2D eigenvalue weighted by atomic mass is 10.0. The van der Waals surface area contributed by atoms with Crippen molar-refractivity contribution in [3.05, 3.63) is 47.2 Å². The molecule has 0 aromatic heterocycles. The third-order valence-corrected chi connectivity index (χ3v) is 4.06. The van der Waals surface area contributed by atoms with Crippen LogP contribution in [-0.2, 0) is 11.2 Å². The Morgan fingerprint density at radius 1 is 1.39 bits per heavy atom. The van der Waals surface area contributed by atoms with E-state index in [9.17, 15) is 10.1 Å². The molecule has 0 bridgehead atoms. The molecule has 1 atom stereocenters. The van der Waals surface area contributed by atoms with Gasteiger partial charge in [-0.25, -0.2) is 0 Å². The van der Waals surface area contributed by atoms with Crippen molar-refractivity contribution in [3.8, 4) is 6.07 Å². The third kappa shape index (κ3) is 4.83. The number of carbonyl (C=O) groups is 1. The van der Waals surface area contributed by atoms with Gasteiger partial charge in [-0.3, -0.25) is 4.79 Å². The van der Waals surface area contributed by atoms with Crippen LogP contribution in [0.1, 0.15) is 31.0 Å². The molecule has 1 aliphatic rings. The van der Waals surface area contributed by atoms with Gasteiger partial charge in [0.05, 0.1) is 6.04 Å². The van der Waals surface area contributed by atoms with Crippen LogP contribution in [0.25, 0.3) is 0 Å². The molecule has 1 aromatic carbocycles. The number of piperazine rings is 1.